The molecule has 1 N–H and O–H groups in total. The van der Waals surface area contributed by atoms with Crippen LogP contribution < -0.4 is 9.46 Å². The van der Waals surface area contributed by atoms with Gasteiger partial charge in [-0.1, -0.05) is 29.8 Å². The van der Waals surface area contributed by atoms with Crippen LogP contribution in [0.2, 0.25) is 0 Å². The highest BCUT2D eigenvalue weighted by atomic mass is 32.2. The lowest BCUT2D eigenvalue weighted by molar-refractivity contribution is -0.385. The summed E-state index contributed by atoms with van der Waals surface area (Å²) >= 11 is 1.36. The quantitative estimate of drug-likeness (QED) is 0.275. The number of aromatic nitrogens is 1. The average molecular weight is 482 g/mol. The van der Waals surface area contributed by atoms with Gasteiger partial charge in [0.15, 0.2) is 5.75 Å². The maximum atomic E-state index is 12.7. The Labute approximate surface area is 194 Å². The van der Waals surface area contributed by atoms with E-state index >= 15 is 0 Å². The number of hydrogen-bond donors (Lipinski definition) is 1. The van der Waals surface area contributed by atoms with Crippen molar-refractivity contribution in [2.75, 3.05) is 11.8 Å². The van der Waals surface area contributed by atoms with Crippen LogP contribution in [0.4, 0.5) is 11.4 Å². The molecule has 0 fully saturated rings. The van der Waals surface area contributed by atoms with Crippen molar-refractivity contribution in [2.45, 2.75) is 11.8 Å². The number of sulfonamides is 1. The topological polar surface area (TPSA) is 111 Å². The molecule has 0 amide bonds. The summed E-state index contributed by atoms with van der Waals surface area (Å²) in [6, 6.07) is 18.2. The van der Waals surface area contributed by atoms with E-state index in [1.165, 1.54) is 30.6 Å². The predicted molar refractivity (Wildman–Crippen MR) is 128 cm³/mol. The van der Waals surface area contributed by atoms with Gasteiger partial charge in [0.25, 0.3) is 10.0 Å². The summed E-state index contributed by atoms with van der Waals surface area (Å²) in [5.74, 6) is 0.174. The summed E-state index contributed by atoms with van der Waals surface area (Å²) in [4.78, 5) is 15.6. The van der Waals surface area contributed by atoms with E-state index in [2.05, 4.69) is 9.71 Å². The standard InChI is InChI=1S/C23H19N3O5S2/c1-15-6-9-19(10-7-15)33(29,30)25-18-5-3-4-17(12-18)23-24-20(14-32-23)16-8-11-22(31-2)21(13-16)26(27)28/h3-14,25H,1-2H3. The van der Waals surface area contributed by atoms with E-state index in [0.29, 0.717) is 22.0 Å². The minimum Gasteiger partial charge on any atom is -0.490 e. The zero-order chi connectivity index (χ0) is 23.6. The lowest BCUT2D eigenvalue weighted by atomic mass is 10.1. The minimum absolute atomic E-state index is 0.142. The van der Waals surface area contributed by atoms with Crippen LogP contribution in [-0.4, -0.2) is 25.4 Å². The van der Waals surface area contributed by atoms with Crippen LogP contribution in [0.15, 0.2) is 77.0 Å². The van der Waals surface area contributed by atoms with Gasteiger partial charge in [0.1, 0.15) is 5.01 Å². The Bertz CT molecular complexity index is 1430. The number of nitrogens with one attached hydrogen (secondary N) is 1. The Balaban J connectivity index is 1.61. The van der Waals surface area contributed by atoms with Gasteiger partial charge in [0, 0.05) is 28.3 Å². The van der Waals surface area contributed by atoms with Gasteiger partial charge in [-0.05, 0) is 43.3 Å². The van der Waals surface area contributed by atoms with Crippen molar-refractivity contribution in [1.29, 1.82) is 0 Å². The lowest BCUT2D eigenvalue weighted by Gasteiger charge is -2.09. The summed E-state index contributed by atoms with van der Waals surface area (Å²) in [7, 11) is -2.35. The van der Waals surface area contributed by atoms with Crippen LogP contribution in [0.3, 0.4) is 0 Å². The highest BCUT2D eigenvalue weighted by Gasteiger charge is 2.18. The van der Waals surface area contributed by atoms with Gasteiger partial charge in [-0.2, -0.15) is 0 Å². The predicted octanol–water partition coefficient (Wildman–Crippen LogP) is 5.50. The summed E-state index contributed by atoms with van der Waals surface area (Å²) in [5.41, 5.74) is 3.12. The van der Waals surface area contributed by atoms with E-state index in [1.807, 2.05) is 13.0 Å². The highest BCUT2D eigenvalue weighted by molar-refractivity contribution is 7.92. The molecule has 0 aliphatic rings. The number of benzene rings is 3. The van der Waals surface area contributed by atoms with Gasteiger partial charge in [0.05, 0.1) is 22.6 Å². The van der Waals surface area contributed by atoms with Crippen molar-refractivity contribution in [3.05, 3.63) is 87.8 Å². The average Bonchev–Trinajstić information content (AvgIpc) is 3.29. The number of anilines is 1. The lowest BCUT2D eigenvalue weighted by Crippen LogP contribution is -2.12. The summed E-state index contributed by atoms with van der Waals surface area (Å²) in [6.07, 6.45) is 0. The maximum Gasteiger partial charge on any atom is 0.311 e. The van der Waals surface area contributed by atoms with Gasteiger partial charge < -0.3 is 4.74 Å². The van der Waals surface area contributed by atoms with Crippen LogP contribution in [0.5, 0.6) is 5.75 Å². The van der Waals surface area contributed by atoms with Gasteiger partial charge >= 0.3 is 5.69 Å². The highest BCUT2D eigenvalue weighted by Crippen LogP contribution is 2.35. The number of thiazole rings is 1. The second-order valence-electron chi connectivity index (χ2n) is 7.18. The van der Waals surface area contributed by atoms with E-state index in [0.717, 1.165) is 11.1 Å². The molecule has 0 aliphatic heterocycles. The molecule has 3 aromatic carbocycles. The first-order chi connectivity index (χ1) is 15.8. The molecule has 4 aromatic rings. The molecule has 10 heteroatoms. The fourth-order valence-corrected chi connectivity index (χ4v) is 5.05. The first-order valence-corrected chi connectivity index (χ1v) is 12.1. The molecule has 1 aromatic heterocycles. The molecule has 168 valence electrons. The van der Waals surface area contributed by atoms with Crippen LogP contribution in [0.25, 0.3) is 21.8 Å². The second-order valence-corrected chi connectivity index (χ2v) is 9.72. The summed E-state index contributed by atoms with van der Waals surface area (Å²) in [5, 5.41) is 13.8. The first kappa shape index (κ1) is 22.4. The molecule has 0 bridgehead atoms. The van der Waals surface area contributed by atoms with E-state index in [9.17, 15) is 18.5 Å². The third-order valence-corrected chi connectivity index (χ3v) is 7.16. The van der Waals surface area contributed by atoms with Crippen LogP contribution in [-0.2, 0) is 10.0 Å². The number of hydrogen-bond acceptors (Lipinski definition) is 7. The Hall–Kier alpha value is -3.76. The molecule has 33 heavy (non-hydrogen) atoms. The fourth-order valence-electron chi connectivity index (χ4n) is 3.18. The molecule has 0 saturated carbocycles. The molecule has 0 aliphatic carbocycles. The maximum absolute atomic E-state index is 12.7. The smallest absolute Gasteiger partial charge is 0.311 e. The SMILES string of the molecule is COc1ccc(-c2csc(-c3cccc(NS(=O)(=O)c4ccc(C)cc4)c3)n2)cc1[N+](=O)[O-]. The van der Waals surface area contributed by atoms with Crippen molar-refractivity contribution >= 4 is 32.7 Å². The summed E-state index contributed by atoms with van der Waals surface area (Å²) in [6.45, 7) is 1.89. The molecule has 1 heterocycles. The van der Waals surface area contributed by atoms with Gasteiger partial charge in [-0.15, -0.1) is 11.3 Å². The number of nitro benzene ring substituents is 1. The Kier molecular flexibility index (Phi) is 6.12. The Morgan fingerprint density at radius 2 is 1.79 bits per heavy atom. The third kappa shape index (κ3) is 4.86. The molecular formula is C23H19N3O5S2. The van der Waals surface area contributed by atoms with E-state index in [1.54, 1.807) is 53.9 Å². The fraction of sp³-hybridized carbons (Fsp3) is 0.0870. The molecular weight excluding hydrogens is 462 g/mol. The number of nitrogens with zero attached hydrogens (tertiary/aromatic N) is 2. The number of nitro groups is 1. The Morgan fingerprint density at radius 3 is 2.48 bits per heavy atom. The van der Waals surface area contributed by atoms with Crippen molar-refractivity contribution in [2.24, 2.45) is 0 Å². The first-order valence-electron chi connectivity index (χ1n) is 9.75. The van der Waals surface area contributed by atoms with Crippen molar-refractivity contribution in [3.8, 4) is 27.6 Å². The third-order valence-electron chi connectivity index (χ3n) is 4.87. The number of methoxy groups -OCH3 is 1. The zero-order valence-corrected chi connectivity index (χ0v) is 19.3. The normalized spacial score (nSPS) is 11.2. The monoisotopic (exact) mass is 481 g/mol. The molecule has 8 nitrogen and oxygen atoms in total. The van der Waals surface area contributed by atoms with Crippen molar-refractivity contribution in [1.82, 2.24) is 4.98 Å². The second kappa shape index (κ2) is 9.00. The van der Waals surface area contributed by atoms with Crippen LogP contribution >= 0.6 is 11.3 Å². The molecule has 0 unspecified atom stereocenters. The number of aryl methyl sites for hydroxylation is 1. The Morgan fingerprint density at radius 1 is 1.03 bits per heavy atom. The molecule has 4 rings (SSSR count). The van der Waals surface area contributed by atoms with Crippen LogP contribution in [0.1, 0.15) is 5.56 Å². The van der Waals surface area contributed by atoms with E-state index in [4.69, 9.17) is 4.74 Å². The molecule has 0 atom stereocenters. The van der Waals surface area contributed by atoms with Crippen molar-refractivity contribution in [3.63, 3.8) is 0 Å². The van der Waals surface area contributed by atoms with Gasteiger partial charge in [-0.25, -0.2) is 13.4 Å². The molecule has 0 radical (unpaired) electrons. The number of rotatable bonds is 7. The van der Waals surface area contributed by atoms with E-state index in [-0.39, 0.29) is 16.3 Å². The summed E-state index contributed by atoms with van der Waals surface area (Å²) < 4.78 is 33.0. The van der Waals surface area contributed by atoms with Crippen molar-refractivity contribution < 1.29 is 18.1 Å². The largest absolute Gasteiger partial charge is 0.490 e. The minimum atomic E-state index is -3.73. The van der Waals surface area contributed by atoms with Crippen LogP contribution in [0, 0.1) is 17.0 Å². The molecule has 0 saturated heterocycles. The molecule has 0 spiro atoms. The zero-order valence-electron chi connectivity index (χ0n) is 17.7. The van der Waals surface area contributed by atoms with E-state index < -0.39 is 14.9 Å². The van der Waals surface area contributed by atoms with Gasteiger partial charge in [0.2, 0.25) is 0 Å². The number of ether oxygens (including phenoxy) is 1. The van der Waals surface area contributed by atoms with Gasteiger partial charge in [-0.3, -0.25) is 14.8 Å².